The molecule has 0 spiro atoms. The standard InChI is InChI=1S/C40H28N4O2.2C28H21N3O2.C8H8.2C6H6/c1-2-45-30-13-11-12-26(24-30)39-41-42-40(46-39)27-22-28(43-35-18-7-3-14-31(35)32-15-4-8-19-36(32)43)25-29(23-27)44-37-20-9-5-16-33(37)34-17-6-10-21-38(34)44;1-2-32-22-12-8-10-20(18-22)28-30-29-27(33-28)19-9-7-11-21(17-19)31-25-15-5-3-13-23(25)24-14-4-6-16-26(24)31;1-2-32-22-9-7-8-20(18-22)28-30-29-27(33-28)19-14-16-21(17-15-19)31-25-12-5-3-10-23(25)24-11-4-6-13-26(24)31;1-2-8-6-4-3-5-7-8;2*1-2-4-6-5-3-1/h3-25H,2H2,1H3;2*3-18H,2H2,1H3;2-7H,1H2;2*1-6H. The first-order valence-electron chi connectivity index (χ1n) is 44.0. The van der Waals surface area contributed by atoms with Gasteiger partial charge in [0.1, 0.15) is 17.2 Å². The van der Waals surface area contributed by atoms with E-state index in [9.17, 15) is 0 Å². The summed E-state index contributed by atoms with van der Waals surface area (Å²) >= 11 is 0. The molecule has 24 aromatic rings. The number of para-hydroxylation sites is 8. The van der Waals surface area contributed by atoms with E-state index in [1.165, 1.54) is 59.7 Å². The number of aromatic nitrogens is 10. The van der Waals surface area contributed by atoms with Crippen molar-refractivity contribution < 1.29 is 27.5 Å². The van der Waals surface area contributed by atoms with Gasteiger partial charge in [0.25, 0.3) is 0 Å². The van der Waals surface area contributed by atoms with Crippen LogP contribution in [0.1, 0.15) is 26.3 Å². The minimum atomic E-state index is 0.442. The van der Waals surface area contributed by atoms with E-state index in [1.807, 2.05) is 227 Å². The maximum Gasteiger partial charge on any atom is 0.248 e. The maximum absolute atomic E-state index is 6.39. The van der Waals surface area contributed by atoms with Gasteiger partial charge in [0.05, 0.1) is 64.0 Å². The van der Waals surface area contributed by atoms with Crippen molar-refractivity contribution in [3.8, 4) is 109 Å². The van der Waals surface area contributed by atoms with Gasteiger partial charge in [-0.1, -0.05) is 286 Å². The van der Waals surface area contributed by atoms with Gasteiger partial charge in [0.15, 0.2) is 0 Å². The first kappa shape index (κ1) is 84.0. The minimum Gasteiger partial charge on any atom is -0.494 e. The van der Waals surface area contributed by atoms with Crippen LogP contribution in [0.4, 0.5) is 0 Å². The molecule has 0 amide bonds. The van der Waals surface area contributed by atoms with E-state index in [0.717, 1.165) is 106 Å². The van der Waals surface area contributed by atoms with Gasteiger partial charge < -0.3 is 45.7 Å². The van der Waals surface area contributed by atoms with Crippen molar-refractivity contribution in [2.75, 3.05) is 19.8 Å². The number of hydrogen-bond donors (Lipinski definition) is 0. The summed E-state index contributed by atoms with van der Waals surface area (Å²) in [4.78, 5) is 0. The van der Waals surface area contributed by atoms with Gasteiger partial charge in [-0.15, -0.1) is 30.6 Å². The normalized spacial score (nSPS) is 11.0. The Bertz CT molecular complexity index is 7640. The highest BCUT2D eigenvalue weighted by molar-refractivity contribution is 6.12. The van der Waals surface area contributed by atoms with E-state index in [4.69, 9.17) is 27.5 Å². The third-order valence-corrected chi connectivity index (χ3v) is 22.5. The molecular formula is C116H90N10O6. The number of benzene rings is 17. The molecule has 24 rings (SSSR count). The van der Waals surface area contributed by atoms with E-state index in [2.05, 4.69) is 292 Å². The first-order chi connectivity index (χ1) is 65.3. The van der Waals surface area contributed by atoms with Crippen LogP contribution in [0, 0.1) is 0 Å². The highest BCUT2D eigenvalue weighted by Crippen LogP contribution is 2.41. The van der Waals surface area contributed by atoms with Crippen LogP contribution in [-0.4, -0.2) is 68.7 Å². The second kappa shape index (κ2) is 39.6. The Hall–Kier alpha value is -17.5. The second-order valence-electron chi connectivity index (χ2n) is 30.9. The highest BCUT2D eigenvalue weighted by atomic mass is 16.5. The zero-order valence-electron chi connectivity index (χ0n) is 72.9. The van der Waals surface area contributed by atoms with Crippen molar-refractivity contribution >= 4 is 93.3 Å². The summed E-state index contributed by atoms with van der Waals surface area (Å²) in [5.41, 5.74) is 19.6. The van der Waals surface area contributed by atoms with Crippen LogP contribution in [0.3, 0.4) is 0 Å². The smallest absolute Gasteiger partial charge is 0.248 e. The van der Waals surface area contributed by atoms with Gasteiger partial charge in [0.2, 0.25) is 35.3 Å². The molecule has 0 fully saturated rings. The fourth-order valence-corrected chi connectivity index (χ4v) is 16.7. The van der Waals surface area contributed by atoms with E-state index in [1.54, 1.807) is 0 Å². The van der Waals surface area contributed by atoms with Crippen LogP contribution < -0.4 is 14.2 Å². The fraction of sp³-hybridized carbons (Fsp3) is 0.0517. The summed E-state index contributed by atoms with van der Waals surface area (Å²) in [5, 5.41) is 35.9. The number of rotatable bonds is 17. The highest BCUT2D eigenvalue weighted by Gasteiger charge is 2.23. The van der Waals surface area contributed by atoms with Crippen molar-refractivity contribution in [2.24, 2.45) is 0 Å². The molecular weight excluding hydrogens is 1630 g/mol. The molecule has 17 aromatic carbocycles. The SMILES string of the molecule is C=Cc1ccccc1.CCOc1cccc(-c2nnc(-c3cc(-n4c5ccccc5c5ccccc54)cc(-n4c5ccccc5c5ccccc54)c3)o2)c1.CCOc1cccc(-c2nnc(-c3ccc(-n4c5ccccc5c5ccccc54)cc3)o2)c1.CCOc1cccc(-c2nnc(-c3cccc(-n4c5ccccc5c5ccccc54)c3)o2)c1.c1ccccc1.c1ccccc1. The molecule has 7 aromatic heterocycles. The number of nitrogens with zero attached hydrogens (tertiary/aromatic N) is 10. The van der Waals surface area contributed by atoms with Crippen LogP contribution in [-0.2, 0) is 0 Å². The van der Waals surface area contributed by atoms with Crippen molar-refractivity contribution in [1.82, 2.24) is 48.9 Å². The largest absolute Gasteiger partial charge is 0.494 e. The molecule has 0 N–H and O–H groups in total. The van der Waals surface area contributed by atoms with Gasteiger partial charge in [0, 0.05) is 99.2 Å². The molecule has 0 aliphatic rings. The molecule has 132 heavy (non-hydrogen) atoms. The van der Waals surface area contributed by atoms with Crippen LogP contribution in [0.25, 0.3) is 185 Å². The Balaban J connectivity index is 0.000000117. The van der Waals surface area contributed by atoms with Gasteiger partial charge in [-0.25, -0.2) is 0 Å². The minimum absolute atomic E-state index is 0.442. The van der Waals surface area contributed by atoms with Gasteiger partial charge in [-0.2, -0.15) is 0 Å². The van der Waals surface area contributed by atoms with Gasteiger partial charge >= 0.3 is 0 Å². The average Bonchev–Trinajstić information content (AvgIpc) is 1.59. The third-order valence-electron chi connectivity index (χ3n) is 22.5. The Morgan fingerprint density at radius 1 is 0.212 bits per heavy atom. The summed E-state index contributed by atoms with van der Waals surface area (Å²) in [7, 11) is 0. The maximum atomic E-state index is 6.39. The summed E-state index contributed by atoms with van der Waals surface area (Å²) < 4.78 is 44.5. The molecule has 16 nitrogen and oxygen atoms in total. The molecule has 0 aliphatic carbocycles. The molecule has 0 radical (unpaired) electrons. The van der Waals surface area contributed by atoms with Crippen LogP contribution in [0.2, 0.25) is 0 Å². The average molecular weight is 1720 g/mol. The number of ether oxygens (including phenoxy) is 3. The Morgan fingerprint density at radius 3 is 0.735 bits per heavy atom. The Morgan fingerprint density at radius 2 is 0.447 bits per heavy atom. The molecule has 0 atom stereocenters. The van der Waals surface area contributed by atoms with E-state index in [0.29, 0.717) is 55.2 Å². The number of hydrogen-bond acceptors (Lipinski definition) is 12. The summed E-state index contributed by atoms with van der Waals surface area (Å²) in [5.74, 6) is 5.12. The lowest BCUT2D eigenvalue weighted by atomic mass is 10.1. The third kappa shape index (κ3) is 18.0. The molecule has 640 valence electrons. The van der Waals surface area contributed by atoms with Crippen molar-refractivity contribution in [3.63, 3.8) is 0 Å². The fourth-order valence-electron chi connectivity index (χ4n) is 16.7. The molecule has 0 saturated carbocycles. The number of fused-ring (bicyclic) bond motifs is 12. The molecule has 7 heterocycles. The van der Waals surface area contributed by atoms with Crippen molar-refractivity contribution in [2.45, 2.75) is 20.8 Å². The zero-order chi connectivity index (χ0) is 89.3. The lowest BCUT2D eigenvalue weighted by molar-refractivity contribution is 0.340. The van der Waals surface area contributed by atoms with Gasteiger partial charge in [-0.3, -0.25) is 0 Å². The van der Waals surface area contributed by atoms with Crippen LogP contribution in [0.15, 0.2) is 457 Å². The summed E-state index contributed by atoms with van der Waals surface area (Å²) in [6, 6.07) is 148. The predicted molar refractivity (Wildman–Crippen MR) is 536 cm³/mol. The second-order valence-corrected chi connectivity index (χ2v) is 30.9. The zero-order valence-corrected chi connectivity index (χ0v) is 72.9. The molecule has 16 heteroatoms. The van der Waals surface area contributed by atoms with Crippen LogP contribution in [0.5, 0.6) is 17.2 Å². The lowest BCUT2D eigenvalue weighted by Gasteiger charge is -2.14. The summed E-state index contributed by atoms with van der Waals surface area (Å²) in [6.07, 6.45) is 1.83. The Kier molecular flexibility index (Phi) is 25.2. The molecule has 0 bridgehead atoms. The molecule has 0 saturated heterocycles. The lowest BCUT2D eigenvalue weighted by Crippen LogP contribution is -2.00. The van der Waals surface area contributed by atoms with Crippen molar-refractivity contribution in [1.29, 1.82) is 0 Å². The summed E-state index contributed by atoms with van der Waals surface area (Å²) in [6.45, 7) is 11.3. The van der Waals surface area contributed by atoms with E-state index in [-0.39, 0.29) is 0 Å². The molecule has 0 aliphatic heterocycles. The quantitative estimate of drug-likeness (QED) is 0.0849. The predicted octanol–water partition coefficient (Wildman–Crippen LogP) is 29.5. The molecule has 0 unspecified atom stereocenters. The monoisotopic (exact) mass is 1720 g/mol. The van der Waals surface area contributed by atoms with Crippen molar-refractivity contribution in [3.05, 3.63) is 449 Å². The van der Waals surface area contributed by atoms with E-state index < -0.39 is 0 Å². The topological polar surface area (TPSA) is 164 Å². The van der Waals surface area contributed by atoms with E-state index >= 15 is 0 Å². The van der Waals surface area contributed by atoms with Crippen LogP contribution >= 0.6 is 0 Å². The Labute approximate surface area is 763 Å². The first-order valence-corrected chi connectivity index (χ1v) is 44.0. The van der Waals surface area contributed by atoms with Gasteiger partial charge in [-0.05, 0) is 190 Å².